The summed E-state index contributed by atoms with van der Waals surface area (Å²) in [5.74, 6) is -2.81. The Morgan fingerprint density at radius 1 is 0.660 bits per heavy atom. The molecule has 10 heteroatoms. The molecule has 2 aliphatic heterocycles. The molecular weight excluding hydrogens is 642 g/mol. The number of hydrogen-bond donors (Lipinski definition) is 0. The molecule has 3 atom stereocenters. The SMILES string of the molecule is O=C1OC[C@H](Cc2ccccc2)N1C(=O)C(=CC[C@H](Cc1ccc(F)cc1)C(=O)N1C(=O)OC[C@@H]1Cc1ccccc1)Cc1ccc(F)cc1. The number of hydrogen-bond acceptors (Lipinski definition) is 6. The summed E-state index contributed by atoms with van der Waals surface area (Å²) >= 11 is 0. The molecule has 0 bridgehead atoms. The Labute approximate surface area is 288 Å². The first-order valence-electron chi connectivity index (χ1n) is 16.5. The van der Waals surface area contributed by atoms with Gasteiger partial charge in [-0.15, -0.1) is 0 Å². The normalized spacial score (nSPS) is 18.2. The van der Waals surface area contributed by atoms with E-state index >= 15 is 0 Å². The molecule has 50 heavy (non-hydrogen) atoms. The third-order valence-electron chi connectivity index (χ3n) is 8.98. The molecule has 0 spiro atoms. The summed E-state index contributed by atoms with van der Waals surface area (Å²) in [6.45, 7) is 0.0571. The summed E-state index contributed by atoms with van der Waals surface area (Å²) < 4.78 is 38.3. The lowest BCUT2D eigenvalue weighted by molar-refractivity contribution is -0.133. The molecule has 2 saturated heterocycles. The molecule has 0 aromatic heterocycles. The van der Waals surface area contributed by atoms with E-state index in [4.69, 9.17) is 9.47 Å². The number of amides is 4. The largest absolute Gasteiger partial charge is 0.447 e. The molecule has 0 N–H and O–H groups in total. The van der Waals surface area contributed by atoms with Crippen LogP contribution in [-0.2, 0) is 44.7 Å². The van der Waals surface area contributed by atoms with Gasteiger partial charge in [0.2, 0.25) is 5.91 Å². The lowest BCUT2D eigenvalue weighted by Gasteiger charge is -2.25. The minimum atomic E-state index is -0.856. The van der Waals surface area contributed by atoms with Gasteiger partial charge >= 0.3 is 12.2 Å². The van der Waals surface area contributed by atoms with Crippen LogP contribution >= 0.6 is 0 Å². The Kier molecular flexibility index (Phi) is 10.8. The molecule has 4 aromatic rings. The van der Waals surface area contributed by atoms with Gasteiger partial charge in [-0.2, -0.15) is 0 Å². The molecule has 0 radical (unpaired) electrons. The van der Waals surface area contributed by atoms with Crippen LogP contribution in [0.5, 0.6) is 0 Å². The summed E-state index contributed by atoms with van der Waals surface area (Å²) in [6.07, 6.45) is 1.04. The monoisotopic (exact) mass is 678 g/mol. The number of halogens is 2. The molecule has 256 valence electrons. The summed E-state index contributed by atoms with van der Waals surface area (Å²) in [7, 11) is 0. The second-order valence-electron chi connectivity index (χ2n) is 12.5. The molecule has 0 saturated carbocycles. The fourth-order valence-corrected chi connectivity index (χ4v) is 6.38. The second-order valence-corrected chi connectivity index (χ2v) is 12.5. The molecule has 0 aliphatic carbocycles. The highest BCUT2D eigenvalue weighted by Gasteiger charge is 2.42. The molecule has 2 heterocycles. The van der Waals surface area contributed by atoms with E-state index in [1.165, 1.54) is 24.3 Å². The first kappa shape index (κ1) is 34.2. The molecule has 2 fully saturated rings. The number of ether oxygens (including phenoxy) is 2. The summed E-state index contributed by atoms with van der Waals surface area (Å²) in [6, 6.07) is 29.2. The third-order valence-corrected chi connectivity index (χ3v) is 8.98. The Hall–Kier alpha value is -5.64. The minimum Gasteiger partial charge on any atom is -0.447 e. The molecule has 4 amide bonds. The Bertz CT molecular complexity index is 1850. The third kappa shape index (κ3) is 8.31. The average Bonchev–Trinajstić information content (AvgIpc) is 3.68. The van der Waals surface area contributed by atoms with E-state index in [-0.39, 0.29) is 38.0 Å². The zero-order valence-corrected chi connectivity index (χ0v) is 27.3. The van der Waals surface area contributed by atoms with E-state index in [9.17, 15) is 28.0 Å². The van der Waals surface area contributed by atoms with Crippen molar-refractivity contribution in [3.05, 3.63) is 155 Å². The quantitative estimate of drug-likeness (QED) is 0.152. The number of nitrogens with zero attached hydrogens (tertiary/aromatic N) is 2. The van der Waals surface area contributed by atoms with Crippen LogP contribution in [-0.4, -0.2) is 59.1 Å². The van der Waals surface area contributed by atoms with Gasteiger partial charge in [0.25, 0.3) is 5.91 Å². The highest BCUT2D eigenvalue weighted by molar-refractivity contribution is 6.04. The summed E-state index contributed by atoms with van der Waals surface area (Å²) in [4.78, 5) is 56.8. The average molecular weight is 679 g/mol. The van der Waals surface area contributed by atoms with Crippen LogP contribution in [0, 0.1) is 17.6 Å². The summed E-state index contributed by atoms with van der Waals surface area (Å²) in [5.41, 5.74) is 3.33. The Balaban J connectivity index is 1.32. The van der Waals surface area contributed by atoms with Gasteiger partial charge in [-0.3, -0.25) is 9.59 Å². The predicted octanol–water partition coefficient (Wildman–Crippen LogP) is 6.86. The van der Waals surface area contributed by atoms with Gasteiger partial charge in [-0.25, -0.2) is 28.2 Å². The zero-order chi connectivity index (χ0) is 35.0. The van der Waals surface area contributed by atoms with E-state index < -0.39 is 53.6 Å². The number of rotatable bonds is 12. The maximum atomic E-state index is 14.3. The van der Waals surface area contributed by atoms with Gasteiger partial charge in [-0.05, 0) is 72.2 Å². The molecule has 4 aromatic carbocycles. The van der Waals surface area contributed by atoms with Crippen LogP contribution in [0.4, 0.5) is 18.4 Å². The first-order valence-corrected chi connectivity index (χ1v) is 16.5. The van der Waals surface area contributed by atoms with Crippen LogP contribution in [0.3, 0.4) is 0 Å². The van der Waals surface area contributed by atoms with Crippen molar-refractivity contribution in [3.8, 4) is 0 Å². The van der Waals surface area contributed by atoms with Gasteiger partial charge < -0.3 is 9.47 Å². The van der Waals surface area contributed by atoms with E-state index in [2.05, 4.69) is 0 Å². The van der Waals surface area contributed by atoms with Crippen molar-refractivity contribution in [2.24, 2.45) is 5.92 Å². The lowest BCUT2D eigenvalue weighted by atomic mass is 9.91. The topological polar surface area (TPSA) is 93.2 Å². The van der Waals surface area contributed by atoms with Gasteiger partial charge in [-0.1, -0.05) is 91.0 Å². The van der Waals surface area contributed by atoms with Gasteiger partial charge in [0.15, 0.2) is 0 Å². The fraction of sp³-hybridized carbons (Fsp3) is 0.250. The maximum Gasteiger partial charge on any atom is 0.417 e. The van der Waals surface area contributed by atoms with Crippen molar-refractivity contribution in [2.75, 3.05) is 13.2 Å². The fourth-order valence-electron chi connectivity index (χ4n) is 6.38. The van der Waals surface area contributed by atoms with Crippen LogP contribution < -0.4 is 0 Å². The molecule has 6 rings (SSSR count). The lowest BCUT2D eigenvalue weighted by Crippen LogP contribution is -2.44. The Morgan fingerprint density at radius 2 is 1.14 bits per heavy atom. The van der Waals surface area contributed by atoms with Crippen molar-refractivity contribution in [1.29, 1.82) is 0 Å². The molecule has 8 nitrogen and oxygen atoms in total. The second kappa shape index (κ2) is 15.7. The van der Waals surface area contributed by atoms with E-state index in [0.717, 1.165) is 20.9 Å². The molecule has 0 unspecified atom stereocenters. The van der Waals surface area contributed by atoms with Crippen molar-refractivity contribution < 1.29 is 37.4 Å². The minimum absolute atomic E-state index is 0.00650. The van der Waals surface area contributed by atoms with Crippen LogP contribution in [0.15, 0.2) is 121 Å². The van der Waals surface area contributed by atoms with Gasteiger partial charge in [0.05, 0.1) is 12.1 Å². The van der Waals surface area contributed by atoms with Crippen molar-refractivity contribution >= 4 is 24.0 Å². The van der Waals surface area contributed by atoms with Crippen LogP contribution in [0.2, 0.25) is 0 Å². The number of allylic oxidation sites excluding steroid dienone is 1. The molecule has 2 aliphatic rings. The molecular formula is C40H36F2N2O6. The van der Waals surface area contributed by atoms with Crippen LogP contribution in [0.1, 0.15) is 28.7 Å². The van der Waals surface area contributed by atoms with Crippen LogP contribution in [0.25, 0.3) is 0 Å². The highest BCUT2D eigenvalue weighted by atomic mass is 19.1. The predicted molar refractivity (Wildman–Crippen MR) is 181 cm³/mol. The number of benzene rings is 4. The van der Waals surface area contributed by atoms with Gasteiger partial charge in [0.1, 0.15) is 24.8 Å². The number of carbonyl (C=O) groups is 4. The van der Waals surface area contributed by atoms with E-state index in [1.54, 1.807) is 30.3 Å². The number of carbonyl (C=O) groups excluding carboxylic acids is 4. The zero-order valence-electron chi connectivity index (χ0n) is 27.3. The van der Waals surface area contributed by atoms with Gasteiger partial charge in [0, 0.05) is 17.9 Å². The first-order chi connectivity index (χ1) is 24.2. The number of imide groups is 2. The van der Waals surface area contributed by atoms with Crippen molar-refractivity contribution in [1.82, 2.24) is 9.80 Å². The highest BCUT2D eigenvalue weighted by Crippen LogP contribution is 2.27. The number of cyclic esters (lactones) is 2. The Morgan fingerprint density at radius 3 is 1.68 bits per heavy atom. The smallest absolute Gasteiger partial charge is 0.417 e. The van der Waals surface area contributed by atoms with Crippen molar-refractivity contribution in [3.63, 3.8) is 0 Å². The van der Waals surface area contributed by atoms with Crippen molar-refractivity contribution in [2.45, 2.75) is 44.2 Å². The van der Waals surface area contributed by atoms with E-state index in [1.807, 2.05) is 60.7 Å². The maximum absolute atomic E-state index is 14.3. The van der Waals surface area contributed by atoms with E-state index in [0.29, 0.717) is 24.0 Å². The standard InChI is InChI=1S/C40H36F2N2O6/c41-33-17-11-29(12-18-33)21-31(37(45)43-35(25-49-39(43)47)23-27-7-3-1-4-8-27)15-16-32(22-30-13-19-34(42)20-14-30)38(46)44-36(26-50-40(44)48)24-28-9-5-2-6-10-28/h1-15,17-20,32,35-36H,16,21-26H2/t32-,35+,36+/m1/s1. The summed E-state index contributed by atoms with van der Waals surface area (Å²) in [5, 5.41) is 0.